The van der Waals surface area contributed by atoms with E-state index in [1.54, 1.807) is 0 Å². The van der Waals surface area contributed by atoms with Crippen LogP contribution >= 0.6 is 0 Å². The maximum Gasteiger partial charge on any atom is 0.123 e. The summed E-state index contributed by atoms with van der Waals surface area (Å²) in [6, 6.07) is 4.87. The highest BCUT2D eigenvalue weighted by molar-refractivity contribution is 5.24. The second-order valence-electron chi connectivity index (χ2n) is 4.29. The molecule has 0 aliphatic heterocycles. The van der Waals surface area contributed by atoms with Gasteiger partial charge in [0, 0.05) is 13.2 Å². The summed E-state index contributed by atoms with van der Waals surface area (Å²) in [4.78, 5) is 0. The Balaban J connectivity index is 2.28. The average Bonchev–Trinajstić information content (AvgIpc) is 2.33. The van der Waals surface area contributed by atoms with E-state index in [9.17, 15) is 4.39 Å². The van der Waals surface area contributed by atoms with Gasteiger partial charge in [-0.05, 0) is 29.7 Å². The highest BCUT2D eigenvalue weighted by atomic mass is 19.1. The molecule has 0 unspecified atom stereocenters. The predicted octanol–water partition coefficient (Wildman–Crippen LogP) is 3.38. The maximum absolute atomic E-state index is 13.2. The van der Waals surface area contributed by atoms with Crippen LogP contribution in [0, 0.1) is 5.82 Å². The Morgan fingerprint density at radius 3 is 2.59 bits per heavy atom. The Hall–Kier alpha value is -0.930. The predicted molar refractivity (Wildman–Crippen MR) is 68.1 cm³/mol. The van der Waals surface area contributed by atoms with Crippen molar-refractivity contribution < 1.29 is 9.13 Å². The van der Waals surface area contributed by atoms with Crippen molar-refractivity contribution in [2.45, 2.75) is 45.8 Å². The summed E-state index contributed by atoms with van der Waals surface area (Å²) < 4.78 is 18.7. The van der Waals surface area contributed by atoms with Crippen LogP contribution in [0.15, 0.2) is 18.2 Å². The van der Waals surface area contributed by atoms with Crippen molar-refractivity contribution >= 4 is 0 Å². The molecule has 1 rings (SSSR count). The third-order valence-electron chi connectivity index (χ3n) is 2.66. The third-order valence-corrected chi connectivity index (χ3v) is 2.66. The number of ether oxygens (including phenoxy) is 1. The molecular weight excluding hydrogens is 217 g/mol. The number of hydrogen-bond acceptors (Lipinski definition) is 2. The van der Waals surface area contributed by atoms with Crippen LogP contribution in [-0.2, 0) is 17.9 Å². The fraction of sp³-hybridized carbons (Fsp3) is 0.571. The number of unbranched alkanes of at least 4 members (excludes halogenated alkanes) is 3. The van der Waals surface area contributed by atoms with Crippen molar-refractivity contribution in [1.82, 2.24) is 0 Å². The lowest BCUT2D eigenvalue weighted by molar-refractivity contribution is 0.116. The Morgan fingerprint density at radius 1 is 1.12 bits per heavy atom. The second-order valence-corrected chi connectivity index (χ2v) is 4.29. The number of benzene rings is 1. The van der Waals surface area contributed by atoms with E-state index < -0.39 is 0 Å². The van der Waals surface area contributed by atoms with E-state index >= 15 is 0 Å². The Morgan fingerprint density at radius 2 is 1.88 bits per heavy atom. The molecule has 0 aromatic heterocycles. The van der Waals surface area contributed by atoms with Crippen LogP contribution in [0.1, 0.15) is 43.7 Å². The number of rotatable bonds is 8. The summed E-state index contributed by atoms with van der Waals surface area (Å²) in [7, 11) is 0. The van der Waals surface area contributed by atoms with Crippen molar-refractivity contribution in [3.63, 3.8) is 0 Å². The van der Waals surface area contributed by atoms with Gasteiger partial charge in [0.25, 0.3) is 0 Å². The third kappa shape index (κ3) is 5.80. The highest BCUT2D eigenvalue weighted by Gasteiger charge is 2.00. The molecule has 3 heteroatoms. The molecule has 1 aromatic carbocycles. The van der Waals surface area contributed by atoms with E-state index in [-0.39, 0.29) is 5.82 Å². The van der Waals surface area contributed by atoms with Gasteiger partial charge in [-0.15, -0.1) is 0 Å². The van der Waals surface area contributed by atoms with Gasteiger partial charge in [0.05, 0.1) is 6.61 Å². The summed E-state index contributed by atoms with van der Waals surface area (Å²) in [6.45, 7) is 3.76. The minimum atomic E-state index is -0.238. The molecule has 96 valence electrons. The zero-order chi connectivity index (χ0) is 12.5. The van der Waals surface area contributed by atoms with Crippen LogP contribution in [0.2, 0.25) is 0 Å². The van der Waals surface area contributed by atoms with E-state index in [1.807, 2.05) is 6.07 Å². The minimum absolute atomic E-state index is 0.238. The quantitative estimate of drug-likeness (QED) is 0.706. The maximum atomic E-state index is 13.2. The van der Waals surface area contributed by atoms with Gasteiger partial charge in [0.1, 0.15) is 5.82 Å². The standard InChI is InChI=1S/C14H22FNO/c1-2-3-4-5-6-17-11-13-7-12(10-16)8-14(15)9-13/h7-9H,2-6,10-11,16H2,1H3. The fourth-order valence-electron chi connectivity index (χ4n) is 1.74. The van der Waals surface area contributed by atoms with Crippen LogP contribution in [0.25, 0.3) is 0 Å². The topological polar surface area (TPSA) is 35.2 Å². The Kier molecular flexibility index (Phi) is 6.82. The molecule has 0 saturated carbocycles. The van der Waals surface area contributed by atoms with Crippen molar-refractivity contribution in [1.29, 1.82) is 0 Å². The van der Waals surface area contributed by atoms with Gasteiger partial charge in [-0.2, -0.15) is 0 Å². The summed E-state index contributed by atoms with van der Waals surface area (Å²) in [6.07, 6.45) is 4.75. The van der Waals surface area contributed by atoms with E-state index in [0.29, 0.717) is 13.2 Å². The molecule has 0 spiro atoms. The van der Waals surface area contributed by atoms with E-state index in [2.05, 4.69) is 6.92 Å². The lowest BCUT2D eigenvalue weighted by Gasteiger charge is -2.06. The van der Waals surface area contributed by atoms with Gasteiger partial charge < -0.3 is 10.5 Å². The molecule has 0 bridgehead atoms. The van der Waals surface area contributed by atoms with Gasteiger partial charge in [-0.3, -0.25) is 0 Å². The van der Waals surface area contributed by atoms with E-state index in [0.717, 1.165) is 24.2 Å². The molecule has 1 aromatic rings. The summed E-state index contributed by atoms with van der Waals surface area (Å²) in [5.74, 6) is -0.238. The molecule has 0 atom stereocenters. The van der Waals surface area contributed by atoms with Crippen molar-refractivity contribution in [3.8, 4) is 0 Å². The lowest BCUT2D eigenvalue weighted by atomic mass is 10.1. The first kappa shape index (κ1) is 14.1. The van der Waals surface area contributed by atoms with Gasteiger partial charge in [0.2, 0.25) is 0 Å². The number of halogens is 1. The molecule has 0 aliphatic carbocycles. The highest BCUT2D eigenvalue weighted by Crippen LogP contribution is 2.10. The first-order chi connectivity index (χ1) is 8.26. The summed E-state index contributed by atoms with van der Waals surface area (Å²) in [5, 5.41) is 0. The molecule has 0 amide bonds. The molecule has 2 nitrogen and oxygen atoms in total. The molecule has 0 aliphatic rings. The van der Waals surface area contributed by atoms with Crippen LogP contribution in [0.5, 0.6) is 0 Å². The molecule has 0 saturated heterocycles. The molecule has 0 heterocycles. The van der Waals surface area contributed by atoms with Crippen molar-refractivity contribution in [3.05, 3.63) is 35.1 Å². The second kappa shape index (κ2) is 8.20. The lowest BCUT2D eigenvalue weighted by Crippen LogP contribution is -2.01. The largest absolute Gasteiger partial charge is 0.377 e. The van der Waals surface area contributed by atoms with Gasteiger partial charge in [-0.25, -0.2) is 4.39 Å². The van der Waals surface area contributed by atoms with Crippen LogP contribution in [0.4, 0.5) is 4.39 Å². The van der Waals surface area contributed by atoms with Crippen LogP contribution in [0.3, 0.4) is 0 Å². The van der Waals surface area contributed by atoms with Gasteiger partial charge in [-0.1, -0.05) is 32.3 Å². The smallest absolute Gasteiger partial charge is 0.123 e. The van der Waals surface area contributed by atoms with Crippen LogP contribution < -0.4 is 5.73 Å². The number of nitrogens with two attached hydrogens (primary N) is 1. The van der Waals surface area contributed by atoms with Gasteiger partial charge >= 0.3 is 0 Å². The van der Waals surface area contributed by atoms with Crippen LogP contribution in [-0.4, -0.2) is 6.61 Å². The zero-order valence-corrected chi connectivity index (χ0v) is 10.5. The molecular formula is C14H22FNO. The monoisotopic (exact) mass is 239 g/mol. The molecule has 17 heavy (non-hydrogen) atoms. The normalized spacial score (nSPS) is 10.8. The minimum Gasteiger partial charge on any atom is -0.377 e. The summed E-state index contributed by atoms with van der Waals surface area (Å²) >= 11 is 0. The summed E-state index contributed by atoms with van der Waals surface area (Å²) in [5.41, 5.74) is 7.17. The average molecular weight is 239 g/mol. The Bertz CT molecular complexity index is 328. The number of hydrogen-bond donors (Lipinski definition) is 1. The molecule has 0 fully saturated rings. The molecule has 2 N–H and O–H groups in total. The van der Waals surface area contributed by atoms with E-state index in [1.165, 1.54) is 31.4 Å². The van der Waals surface area contributed by atoms with Crippen molar-refractivity contribution in [2.24, 2.45) is 5.73 Å². The Labute approximate surface area is 103 Å². The first-order valence-corrected chi connectivity index (χ1v) is 6.32. The van der Waals surface area contributed by atoms with E-state index in [4.69, 9.17) is 10.5 Å². The van der Waals surface area contributed by atoms with Gasteiger partial charge in [0.15, 0.2) is 0 Å². The zero-order valence-electron chi connectivity index (χ0n) is 10.5. The fourth-order valence-corrected chi connectivity index (χ4v) is 1.74. The SMILES string of the molecule is CCCCCCOCc1cc(F)cc(CN)c1. The first-order valence-electron chi connectivity index (χ1n) is 6.32. The van der Waals surface area contributed by atoms with Crippen molar-refractivity contribution in [2.75, 3.05) is 6.61 Å². The molecule has 0 radical (unpaired) electrons.